The van der Waals surface area contributed by atoms with E-state index in [0.29, 0.717) is 13.2 Å². The summed E-state index contributed by atoms with van der Waals surface area (Å²) in [6, 6.07) is 6.32. The molecule has 0 spiro atoms. The van der Waals surface area contributed by atoms with Crippen LogP contribution in [0.2, 0.25) is 0 Å². The van der Waals surface area contributed by atoms with Gasteiger partial charge in [0.15, 0.2) is 0 Å². The third kappa shape index (κ3) is 3.53. The van der Waals surface area contributed by atoms with Crippen LogP contribution in [0.3, 0.4) is 0 Å². The van der Waals surface area contributed by atoms with Crippen molar-refractivity contribution in [3.8, 4) is 5.75 Å². The van der Waals surface area contributed by atoms with E-state index in [1.165, 1.54) is 11.1 Å². The van der Waals surface area contributed by atoms with Crippen molar-refractivity contribution >= 4 is 0 Å². The lowest BCUT2D eigenvalue weighted by Crippen LogP contribution is -2.15. The number of rotatable bonds is 4. The maximum Gasteiger partial charge on any atom is 0.123 e. The van der Waals surface area contributed by atoms with Gasteiger partial charge in [-0.15, -0.1) is 0 Å². The lowest BCUT2D eigenvalue weighted by atomic mass is 9.85. The van der Waals surface area contributed by atoms with E-state index in [4.69, 9.17) is 9.47 Å². The molecule has 0 aliphatic rings. The van der Waals surface area contributed by atoms with Crippen LogP contribution in [-0.4, -0.2) is 20.3 Å². The van der Waals surface area contributed by atoms with E-state index in [2.05, 4.69) is 39.8 Å². The zero-order chi connectivity index (χ0) is 12.2. The van der Waals surface area contributed by atoms with Gasteiger partial charge in [-0.05, 0) is 24.0 Å². The summed E-state index contributed by atoms with van der Waals surface area (Å²) >= 11 is 0. The smallest absolute Gasteiger partial charge is 0.123 e. The van der Waals surface area contributed by atoms with Gasteiger partial charge >= 0.3 is 0 Å². The molecular formula is C14H22O2. The molecule has 0 heterocycles. The van der Waals surface area contributed by atoms with Crippen LogP contribution in [0.5, 0.6) is 5.75 Å². The minimum atomic E-state index is 0.106. The predicted molar refractivity (Wildman–Crippen MR) is 67.3 cm³/mol. The number of methoxy groups -OCH3 is 1. The zero-order valence-electron chi connectivity index (χ0n) is 11.0. The third-order valence-electron chi connectivity index (χ3n) is 2.49. The number of hydrogen-bond donors (Lipinski definition) is 0. The third-order valence-corrected chi connectivity index (χ3v) is 2.49. The molecule has 0 atom stereocenters. The fourth-order valence-electron chi connectivity index (χ4n) is 1.59. The Hall–Kier alpha value is -1.02. The highest BCUT2D eigenvalue weighted by atomic mass is 16.5. The molecule has 2 heteroatoms. The predicted octanol–water partition coefficient (Wildman–Crippen LogP) is 3.32. The second-order valence-electron chi connectivity index (χ2n) is 5.09. The van der Waals surface area contributed by atoms with Gasteiger partial charge in [-0.2, -0.15) is 0 Å². The molecule has 2 nitrogen and oxygen atoms in total. The highest BCUT2D eigenvalue weighted by Gasteiger charge is 2.18. The van der Waals surface area contributed by atoms with Gasteiger partial charge in [0.2, 0.25) is 0 Å². The monoisotopic (exact) mass is 222 g/mol. The van der Waals surface area contributed by atoms with E-state index < -0.39 is 0 Å². The van der Waals surface area contributed by atoms with Gasteiger partial charge in [-0.25, -0.2) is 0 Å². The van der Waals surface area contributed by atoms with Crippen molar-refractivity contribution < 1.29 is 9.47 Å². The van der Waals surface area contributed by atoms with Gasteiger partial charge in [0.05, 0.1) is 6.61 Å². The van der Waals surface area contributed by atoms with E-state index in [1.54, 1.807) is 7.11 Å². The summed E-state index contributed by atoms with van der Waals surface area (Å²) in [6.07, 6.45) is 0. The Morgan fingerprint density at radius 2 is 1.81 bits per heavy atom. The van der Waals surface area contributed by atoms with Crippen LogP contribution < -0.4 is 4.74 Å². The Bertz CT molecular complexity index is 337. The highest BCUT2D eigenvalue weighted by Crippen LogP contribution is 2.31. The maximum absolute atomic E-state index is 5.73. The van der Waals surface area contributed by atoms with Crippen LogP contribution in [0.4, 0.5) is 0 Å². The molecule has 0 bridgehead atoms. The van der Waals surface area contributed by atoms with Gasteiger partial charge in [0.1, 0.15) is 12.4 Å². The molecule has 0 radical (unpaired) electrons. The molecule has 1 aromatic rings. The maximum atomic E-state index is 5.73. The summed E-state index contributed by atoms with van der Waals surface area (Å²) in [5, 5.41) is 0. The van der Waals surface area contributed by atoms with Gasteiger partial charge in [-0.1, -0.05) is 38.5 Å². The lowest BCUT2D eigenvalue weighted by Gasteiger charge is -2.23. The summed E-state index contributed by atoms with van der Waals surface area (Å²) in [6.45, 7) is 9.93. The van der Waals surface area contributed by atoms with E-state index in [9.17, 15) is 0 Å². The zero-order valence-corrected chi connectivity index (χ0v) is 11.0. The second kappa shape index (κ2) is 5.35. The molecule has 16 heavy (non-hydrogen) atoms. The molecule has 0 aromatic heterocycles. The minimum absolute atomic E-state index is 0.106. The molecule has 0 N–H and O–H groups in total. The lowest BCUT2D eigenvalue weighted by molar-refractivity contribution is 0.145. The minimum Gasteiger partial charge on any atom is -0.491 e. The van der Waals surface area contributed by atoms with Crippen LogP contribution in [-0.2, 0) is 10.2 Å². The van der Waals surface area contributed by atoms with E-state index in [-0.39, 0.29) is 5.41 Å². The molecular weight excluding hydrogens is 200 g/mol. The molecule has 0 aliphatic carbocycles. The molecule has 0 fully saturated rings. The first-order valence-electron chi connectivity index (χ1n) is 5.68. The average Bonchev–Trinajstić information content (AvgIpc) is 2.19. The van der Waals surface area contributed by atoms with E-state index >= 15 is 0 Å². The Morgan fingerprint density at radius 3 is 2.38 bits per heavy atom. The van der Waals surface area contributed by atoms with Crippen molar-refractivity contribution in [1.82, 2.24) is 0 Å². The van der Waals surface area contributed by atoms with Crippen molar-refractivity contribution in [1.29, 1.82) is 0 Å². The number of benzene rings is 1. The SMILES string of the molecule is COCCOc1ccc(C)cc1C(C)(C)C. The van der Waals surface area contributed by atoms with E-state index in [1.807, 2.05) is 6.07 Å². The topological polar surface area (TPSA) is 18.5 Å². The second-order valence-corrected chi connectivity index (χ2v) is 5.09. The van der Waals surface area contributed by atoms with Crippen LogP contribution in [0.25, 0.3) is 0 Å². The van der Waals surface area contributed by atoms with Crippen LogP contribution in [0.1, 0.15) is 31.9 Å². The van der Waals surface area contributed by atoms with Gasteiger partial charge in [0, 0.05) is 7.11 Å². The Kier molecular flexibility index (Phi) is 4.36. The summed E-state index contributed by atoms with van der Waals surface area (Å²) in [5.74, 6) is 0.968. The van der Waals surface area contributed by atoms with Crippen LogP contribution in [0, 0.1) is 6.92 Å². The average molecular weight is 222 g/mol. The Morgan fingerprint density at radius 1 is 1.12 bits per heavy atom. The Labute approximate surface area is 98.6 Å². The summed E-state index contributed by atoms with van der Waals surface area (Å²) < 4.78 is 10.7. The molecule has 0 saturated carbocycles. The van der Waals surface area contributed by atoms with Gasteiger partial charge in [-0.3, -0.25) is 0 Å². The van der Waals surface area contributed by atoms with Gasteiger partial charge < -0.3 is 9.47 Å². The van der Waals surface area contributed by atoms with Crippen molar-refractivity contribution in [2.24, 2.45) is 0 Å². The normalized spacial score (nSPS) is 11.6. The largest absolute Gasteiger partial charge is 0.491 e. The number of ether oxygens (including phenoxy) is 2. The summed E-state index contributed by atoms with van der Waals surface area (Å²) in [4.78, 5) is 0. The van der Waals surface area contributed by atoms with Gasteiger partial charge in [0.25, 0.3) is 0 Å². The molecule has 0 saturated heterocycles. The molecule has 0 aliphatic heterocycles. The number of aryl methyl sites for hydroxylation is 1. The molecule has 1 aromatic carbocycles. The molecule has 90 valence electrons. The summed E-state index contributed by atoms with van der Waals surface area (Å²) in [7, 11) is 1.68. The first kappa shape index (κ1) is 13.0. The molecule has 0 unspecified atom stereocenters. The van der Waals surface area contributed by atoms with Crippen LogP contribution in [0.15, 0.2) is 18.2 Å². The summed E-state index contributed by atoms with van der Waals surface area (Å²) in [5.41, 5.74) is 2.63. The quantitative estimate of drug-likeness (QED) is 0.728. The fourth-order valence-corrected chi connectivity index (χ4v) is 1.59. The highest BCUT2D eigenvalue weighted by molar-refractivity contribution is 5.41. The first-order chi connectivity index (χ1) is 7.45. The molecule has 1 rings (SSSR count). The standard InChI is InChI=1S/C14H22O2/c1-11-6-7-13(16-9-8-15-5)12(10-11)14(2,3)4/h6-7,10H,8-9H2,1-5H3. The van der Waals surface area contributed by atoms with Crippen molar-refractivity contribution in [3.63, 3.8) is 0 Å². The Balaban J connectivity index is 2.90. The molecule has 0 amide bonds. The van der Waals surface area contributed by atoms with Crippen molar-refractivity contribution in [2.45, 2.75) is 33.1 Å². The number of hydrogen-bond acceptors (Lipinski definition) is 2. The fraction of sp³-hybridized carbons (Fsp3) is 0.571. The first-order valence-corrected chi connectivity index (χ1v) is 5.68. The van der Waals surface area contributed by atoms with Crippen molar-refractivity contribution in [3.05, 3.63) is 29.3 Å². The van der Waals surface area contributed by atoms with Crippen molar-refractivity contribution in [2.75, 3.05) is 20.3 Å². The van der Waals surface area contributed by atoms with E-state index in [0.717, 1.165) is 5.75 Å². The van der Waals surface area contributed by atoms with Crippen LogP contribution >= 0.6 is 0 Å².